The highest BCUT2D eigenvalue weighted by molar-refractivity contribution is 6.05. The van der Waals surface area contributed by atoms with Crippen LogP contribution in [0.1, 0.15) is 5.56 Å². The first kappa shape index (κ1) is 20.9. The minimum Gasteiger partial charge on any atom is -0.497 e. The Morgan fingerprint density at radius 3 is 2.27 bits per heavy atom. The summed E-state index contributed by atoms with van der Waals surface area (Å²) in [4.78, 5) is 16.4. The van der Waals surface area contributed by atoms with E-state index in [2.05, 4.69) is 10.3 Å². The molecule has 0 saturated heterocycles. The molecule has 0 spiro atoms. The van der Waals surface area contributed by atoms with Gasteiger partial charge in [0.2, 0.25) is 11.8 Å². The average molecular weight is 414 g/mol. The van der Waals surface area contributed by atoms with Crippen LogP contribution in [0.5, 0.6) is 17.4 Å². The van der Waals surface area contributed by atoms with Gasteiger partial charge >= 0.3 is 6.18 Å². The van der Waals surface area contributed by atoms with Crippen LogP contribution in [0.3, 0.4) is 0 Å². The lowest BCUT2D eigenvalue weighted by molar-refractivity contribution is -0.112. The summed E-state index contributed by atoms with van der Waals surface area (Å²) < 4.78 is 51.0. The summed E-state index contributed by atoms with van der Waals surface area (Å²) in [5.41, 5.74) is -1.03. The number of benzene rings is 2. The van der Waals surface area contributed by atoms with Gasteiger partial charge in [0, 0.05) is 12.3 Å². The lowest BCUT2D eigenvalue weighted by atomic mass is 10.1. The fraction of sp³-hybridized carbons (Fsp3) is 0.0909. The molecule has 0 aliphatic carbocycles. The van der Waals surface area contributed by atoms with E-state index >= 15 is 0 Å². The zero-order chi connectivity index (χ0) is 21.6. The maximum Gasteiger partial charge on any atom is 0.417 e. The number of nitrogens with zero attached hydrogens (tertiary/aromatic N) is 1. The first-order valence-electron chi connectivity index (χ1n) is 8.79. The van der Waals surface area contributed by atoms with Gasteiger partial charge in [-0.15, -0.1) is 0 Å². The van der Waals surface area contributed by atoms with Gasteiger partial charge in [-0.2, -0.15) is 13.2 Å². The van der Waals surface area contributed by atoms with Crippen molar-refractivity contribution in [2.75, 3.05) is 12.4 Å². The summed E-state index contributed by atoms with van der Waals surface area (Å²) in [5, 5.41) is 2.40. The van der Waals surface area contributed by atoms with Crippen molar-refractivity contribution >= 4 is 17.2 Å². The Morgan fingerprint density at radius 2 is 1.63 bits per heavy atom. The number of rotatable bonds is 6. The van der Waals surface area contributed by atoms with E-state index in [9.17, 15) is 18.0 Å². The summed E-state index contributed by atoms with van der Waals surface area (Å²) in [7, 11) is 1.53. The number of alkyl halides is 3. The molecule has 0 atom stereocenters. The predicted molar refractivity (Wildman–Crippen MR) is 106 cm³/mol. The number of aromatic nitrogens is 1. The minimum absolute atomic E-state index is 0.0395. The monoisotopic (exact) mass is 414 g/mol. The zero-order valence-electron chi connectivity index (χ0n) is 15.8. The molecule has 0 bridgehead atoms. The number of carbonyl (C=O) groups is 1. The quantitative estimate of drug-likeness (QED) is 0.544. The van der Waals surface area contributed by atoms with Crippen LogP contribution in [0.25, 0.3) is 5.57 Å². The summed E-state index contributed by atoms with van der Waals surface area (Å²) in [6, 6.07) is 16.7. The third-order valence-corrected chi connectivity index (χ3v) is 3.97. The van der Waals surface area contributed by atoms with Gasteiger partial charge in [0.05, 0.1) is 12.7 Å². The Morgan fingerprint density at radius 1 is 0.967 bits per heavy atom. The smallest absolute Gasteiger partial charge is 0.417 e. The van der Waals surface area contributed by atoms with E-state index in [1.165, 1.54) is 49.7 Å². The van der Waals surface area contributed by atoms with E-state index in [4.69, 9.17) is 9.47 Å². The number of allylic oxidation sites excluding steroid dienone is 1. The second kappa shape index (κ2) is 9.13. The lowest BCUT2D eigenvalue weighted by Gasteiger charge is -2.13. The Kier molecular flexibility index (Phi) is 6.36. The molecule has 8 heteroatoms. The Balaban J connectivity index is 1.83. The number of halogens is 3. The Bertz CT molecular complexity index is 1030. The molecular weight excluding hydrogens is 397 g/mol. The number of ether oxygens (including phenoxy) is 2. The molecular formula is C22H17F3N2O3. The summed E-state index contributed by atoms with van der Waals surface area (Å²) in [6.07, 6.45) is -2.75. The van der Waals surface area contributed by atoms with E-state index in [1.807, 2.05) is 0 Å². The highest BCUT2D eigenvalue weighted by atomic mass is 19.4. The van der Waals surface area contributed by atoms with Crippen molar-refractivity contribution < 1.29 is 27.4 Å². The second-order valence-corrected chi connectivity index (χ2v) is 6.04. The van der Waals surface area contributed by atoms with Crippen LogP contribution in [0.15, 0.2) is 79.0 Å². The van der Waals surface area contributed by atoms with Gasteiger partial charge in [-0.05, 0) is 42.0 Å². The first-order chi connectivity index (χ1) is 14.4. The fourth-order valence-corrected chi connectivity index (χ4v) is 2.57. The summed E-state index contributed by atoms with van der Waals surface area (Å²) >= 11 is 0. The maximum absolute atomic E-state index is 13.4. The van der Waals surface area contributed by atoms with E-state index in [0.29, 0.717) is 17.6 Å². The van der Waals surface area contributed by atoms with E-state index in [0.717, 1.165) is 0 Å². The molecule has 1 N–H and O–H groups in total. The third kappa shape index (κ3) is 5.38. The van der Waals surface area contributed by atoms with Gasteiger partial charge in [0.1, 0.15) is 17.2 Å². The topological polar surface area (TPSA) is 60.5 Å². The number of nitrogens with one attached hydrogen (secondary N) is 1. The summed E-state index contributed by atoms with van der Waals surface area (Å²) in [5.74, 6) is 0.125. The molecule has 0 fully saturated rings. The molecule has 1 heterocycles. The maximum atomic E-state index is 13.4. The number of hydrogen-bond donors (Lipinski definition) is 1. The molecule has 1 aromatic heterocycles. The number of amides is 1. The van der Waals surface area contributed by atoms with Crippen molar-refractivity contribution in [3.8, 4) is 17.4 Å². The fourth-order valence-electron chi connectivity index (χ4n) is 2.57. The lowest BCUT2D eigenvalue weighted by Crippen LogP contribution is -2.16. The number of pyridine rings is 1. The van der Waals surface area contributed by atoms with E-state index < -0.39 is 17.7 Å². The Hall–Kier alpha value is -3.81. The SMILES string of the molecule is COc1ccc(Oc2ncccc2NC(=O)/C=C(/c2ccccc2)C(F)(F)F)cc1. The predicted octanol–water partition coefficient (Wildman–Crippen LogP) is 5.47. The van der Waals surface area contributed by atoms with Gasteiger partial charge in [-0.1, -0.05) is 30.3 Å². The van der Waals surface area contributed by atoms with E-state index in [1.54, 1.807) is 30.3 Å². The molecule has 2 aromatic carbocycles. The molecule has 0 aliphatic rings. The molecule has 0 unspecified atom stereocenters. The molecule has 0 aliphatic heterocycles. The van der Waals surface area contributed by atoms with Gasteiger partial charge in [0.15, 0.2) is 0 Å². The highest BCUT2D eigenvalue weighted by Gasteiger charge is 2.35. The number of hydrogen-bond acceptors (Lipinski definition) is 4. The van der Waals surface area contributed by atoms with Crippen molar-refractivity contribution in [1.29, 1.82) is 0 Å². The third-order valence-electron chi connectivity index (χ3n) is 3.97. The first-order valence-corrected chi connectivity index (χ1v) is 8.79. The number of carbonyl (C=O) groups excluding carboxylic acids is 1. The number of anilines is 1. The van der Waals surface area contributed by atoms with Crippen molar-refractivity contribution in [3.63, 3.8) is 0 Å². The van der Waals surface area contributed by atoms with Crippen LogP contribution < -0.4 is 14.8 Å². The van der Waals surface area contributed by atoms with Crippen molar-refractivity contribution in [2.24, 2.45) is 0 Å². The number of methoxy groups -OCH3 is 1. The van der Waals surface area contributed by atoms with Gasteiger partial charge in [-0.3, -0.25) is 4.79 Å². The second-order valence-electron chi connectivity index (χ2n) is 6.04. The van der Waals surface area contributed by atoms with Crippen LogP contribution in [0.4, 0.5) is 18.9 Å². The van der Waals surface area contributed by atoms with Crippen LogP contribution in [0, 0.1) is 0 Å². The van der Waals surface area contributed by atoms with Crippen LogP contribution in [-0.2, 0) is 4.79 Å². The van der Waals surface area contributed by atoms with Gasteiger partial charge < -0.3 is 14.8 Å². The normalized spacial score (nSPS) is 11.7. The molecule has 0 radical (unpaired) electrons. The van der Waals surface area contributed by atoms with Crippen molar-refractivity contribution in [3.05, 3.63) is 84.6 Å². The Labute approximate surface area is 170 Å². The van der Waals surface area contributed by atoms with Crippen LogP contribution in [-0.4, -0.2) is 24.2 Å². The van der Waals surface area contributed by atoms with Crippen LogP contribution in [0.2, 0.25) is 0 Å². The molecule has 30 heavy (non-hydrogen) atoms. The molecule has 3 aromatic rings. The molecule has 0 saturated carbocycles. The van der Waals surface area contributed by atoms with Crippen molar-refractivity contribution in [1.82, 2.24) is 4.98 Å². The standard InChI is InChI=1S/C22H17F3N2O3/c1-29-16-9-11-17(12-10-16)30-21-19(8-5-13-26-21)27-20(28)14-18(22(23,24)25)15-6-3-2-4-7-15/h2-14H,1H3,(H,27,28)/b18-14-. The molecule has 1 amide bonds. The molecule has 154 valence electrons. The van der Waals surface area contributed by atoms with Crippen molar-refractivity contribution in [2.45, 2.75) is 6.18 Å². The minimum atomic E-state index is -4.70. The molecule has 3 rings (SSSR count). The largest absolute Gasteiger partial charge is 0.497 e. The average Bonchev–Trinajstić information content (AvgIpc) is 2.74. The van der Waals surface area contributed by atoms with Gasteiger partial charge in [0.25, 0.3) is 0 Å². The van der Waals surface area contributed by atoms with Crippen LogP contribution >= 0.6 is 0 Å². The highest BCUT2D eigenvalue weighted by Crippen LogP contribution is 2.34. The molecule has 5 nitrogen and oxygen atoms in total. The summed E-state index contributed by atoms with van der Waals surface area (Å²) in [6.45, 7) is 0. The van der Waals surface area contributed by atoms with E-state index in [-0.39, 0.29) is 17.1 Å². The van der Waals surface area contributed by atoms with Gasteiger partial charge in [-0.25, -0.2) is 4.98 Å². The zero-order valence-corrected chi connectivity index (χ0v) is 15.8.